The fourth-order valence-corrected chi connectivity index (χ4v) is 4.04. The molecule has 3 aromatic carbocycles. The van der Waals surface area contributed by atoms with Crippen LogP contribution in [0.3, 0.4) is 0 Å². The highest BCUT2D eigenvalue weighted by Gasteiger charge is 2.20. The van der Waals surface area contributed by atoms with Crippen molar-refractivity contribution in [3.8, 4) is 16.8 Å². The molecule has 0 spiro atoms. The first kappa shape index (κ1) is 22.9. The van der Waals surface area contributed by atoms with Gasteiger partial charge in [0.15, 0.2) is 5.82 Å². The van der Waals surface area contributed by atoms with Crippen LogP contribution in [-0.4, -0.2) is 20.6 Å². The van der Waals surface area contributed by atoms with Gasteiger partial charge in [-0.1, -0.05) is 56.3 Å². The minimum atomic E-state index is -0.164. The summed E-state index contributed by atoms with van der Waals surface area (Å²) in [5.74, 6) is 1.02. The summed E-state index contributed by atoms with van der Waals surface area (Å²) in [4.78, 5) is 18.0. The van der Waals surface area contributed by atoms with Crippen LogP contribution < -0.4 is 5.32 Å². The summed E-state index contributed by atoms with van der Waals surface area (Å²) in [6, 6.07) is 24.0. The van der Waals surface area contributed by atoms with Crippen molar-refractivity contribution >= 4 is 35.4 Å². The van der Waals surface area contributed by atoms with E-state index in [0.717, 1.165) is 44.1 Å². The van der Waals surface area contributed by atoms with Crippen LogP contribution in [0.2, 0.25) is 0 Å². The van der Waals surface area contributed by atoms with Crippen molar-refractivity contribution in [2.75, 3.05) is 5.32 Å². The minimum absolute atomic E-state index is 0.141. The molecule has 0 aliphatic carbocycles. The van der Waals surface area contributed by atoms with E-state index in [-0.39, 0.29) is 17.7 Å². The number of hydrogen-bond donors (Lipinski definition) is 2. The average molecular weight is 483 g/mol. The molecule has 6 nitrogen and oxygen atoms in total. The van der Waals surface area contributed by atoms with Crippen LogP contribution in [0, 0.1) is 0 Å². The Bertz CT molecular complexity index is 1490. The highest BCUT2D eigenvalue weighted by molar-refractivity contribution is 7.80. The predicted octanol–water partition coefficient (Wildman–Crippen LogP) is 6.45. The van der Waals surface area contributed by atoms with Gasteiger partial charge in [-0.15, -0.1) is 12.6 Å². The summed E-state index contributed by atoms with van der Waals surface area (Å²) in [6.07, 6.45) is 2.07. The summed E-state index contributed by atoms with van der Waals surface area (Å²) in [5, 5.41) is 6.76. The number of benzene rings is 3. The molecule has 1 N–H and O–H groups in total. The van der Waals surface area contributed by atoms with E-state index >= 15 is 0 Å². The third kappa shape index (κ3) is 5.00. The summed E-state index contributed by atoms with van der Waals surface area (Å²) in [6.45, 7) is 6.10. The molecule has 0 aliphatic rings. The number of thiol groups is 1. The van der Waals surface area contributed by atoms with Gasteiger partial charge in [0.1, 0.15) is 12.1 Å². The topological polar surface area (TPSA) is 73.0 Å². The molecule has 176 valence electrons. The summed E-state index contributed by atoms with van der Waals surface area (Å²) in [7, 11) is 0. The molecule has 0 bridgehead atoms. The van der Waals surface area contributed by atoms with Gasteiger partial charge in [0.05, 0.1) is 17.5 Å². The van der Waals surface area contributed by atoms with Crippen molar-refractivity contribution in [2.45, 2.75) is 37.5 Å². The Hall–Kier alpha value is -3.84. The number of nitrogens with one attached hydrogen (secondary N) is 1. The van der Waals surface area contributed by atoms with Crippen LogP contribution >= 0.6 is 12.6 Å². The number of imidazole rings is 1. The van der Waals surface area contributed by atoms with E-state index in [1.165, 1.54) is 0 Å². The number of fused-ring (bicyclic) bond motifs is 1. The van der Waals surface area contributed by atoms with E-state index in [1.54, 1.807) is 6.07 Å². The maximum atomic E-state index is 12.5. The van der Waals surface area contributed by atoms with E-state index in [0.29, 0.717) is 5.82 Å². The van der Waals surface area contributed by atoms with Crippen molar-refractivity contribution in [3.63, 3.8) is 0 Å². The molecular weight excluding hydrogens is 456 g/mol. The highest BCUT2D eigenvalue weighted by Crippen LogP contribution is 2.27. The minimum Gasteiger partial charge on any atom is -0.359 e. The van der Waals surface area contributed by atoms with Crippen molar-refractivity contribution < 1.29 is 9.32 Å². The summed E-state index contributed by atoms with van der Waals surface area (Å²) >= 11 is 4.36. The molecule has 0 fully saturated rings. The quantitative estimate of drug-likeness (QED) is 0.283. The molecule has 0 atom stereocenters. The van der Waals surface area contributed by atoms with Gasteiger partial charge in [0.25, 0.3) is 0 Å². The standard InChI is InChI=1S/C28H26N4O2S/c1-28(2,3)25-16-26(31-34-25)30-27(33)14-18-4-9-21(10-5-18)32-17-29-23-15-20(8-13-24(23)32)19-6-11-22(35)12-7-19/h4-13,15-17,35H,14H2,1-3H3,(H,30,31,33). The third-order valence-corrected chi connectivity index (χ3v) is 6.14. The maximum absolute atomic E-state index is 12.5. The second kappa shape index (κ2) is 9.07. The van der Waals surface area contributed by atoms with Crippen LogP contribution in [0.1, 0.15) is 32.1 Å². The number of carbonyl (C=O) groups excluding carboxylic acids is 1. The van der Waals surface area contributed by atoms with Gasteiger partial charge >= 0.3 is 0 Å². The SMILES string of the molecule is CC(C)(C)c1cc(NC(=O)Cc2ccc(-n3cnc4cc(-c5ccc(S)cc5)ccc43)cc2)no1. The van der Waals surface area contributed by atoms with Crippen LogP contribution in [0.4, 0.5) is 5.82 Å². The number of anilines is 1. The van der Waals surface area contributed by atoms with Crippen LogP contribution in [0.5, 0.6) is 0 Å². The summed E-state index contributed by atoms with van der Waals surface area (Å²) in [5.41, 5.74) is 5.90. The highest BCUT2D eigenvalue weighted by atomic mass is 32.1. The van der Waals surface area contributed by atoms with Crippen molar-refractivity contribution in [2.24, 2.45) is 0 Å². The fraction of sp³-hybridized carbons (Fsp3) is 0.179. The molecule has 0 saturated heterocycles. The average Bonchev–Trinajstić information content (AvgIpc) is 3.47. The number of nitrogens with zero attached hydrogens (tertiary/aromatic N) is 3. The van der Waals surface area contributed by atoms with E-state index in [4.69, 9.17) is 4.52 Å². The van der Waals surface area contributed by atoms with Crippen LogP contribution in [0.25, 0.3) is 27.8 Å². The first-order valence-electron chi connectivity index (χ1n) is 11.4. The summed E-state index contributed by atoms with van der Waals surface area (Å²) < 4.78 is 7.38. The molecule has 2 aromatic heterocycles. The number of carbonyl (C=O) groups is 1. The molecule has 1 amide bonds. The molecule has 0 unspecified atom stereocenters. The predicted molar refractivity (Wildman–Crippen MR) is 141 cm³/mol. The third-order valence-electron chi connectivity index (χ3n) is 5.84. The zero-order valence-corrected chi connectivity index (χ0v) is 20.7. The molecule has 5 rings (SSSR count). The van der Waals surface area contributed by atoms with E-state index in [1.807, 2.05) is 68.1 Å². The van der Waals surface area contributed by atoms with Crippen molar-refractivity contribution in [1.29, 1.82) is 0 Å². The van der Waals surface area contributed by atoms with Gasteiger partial charge < -0.3 is 9.84 Å². The van der Waals surface area contributed by atoms with Crippen LogP contribution in [-0.2, 0) is 16.6 Å². The monoisotopic (exact) mass is 482 g/mol. The molecule has 2 heterocycles. The van der Waals surface area contributed by atoms with Gasteiger partial charge in [-0.05, 0) is 53.1 Å². The van der Waals surface area contributed by atoms with Gasteiger partial charge in [-0.3, -0.25) is 9.36 Å². The second-order valence-corrected chi connectivity index (χ2v) is 10.1. The lowest BCUT2D eigenvalue weighted by Gasteiger charge is -2.12. The first-order chi connectivity index (χ1) is 16.8. The molecule has 35 heavy (non-hydrogen) atoms. The number of hydrogen-bond acceptors (Lipinski definition) is 5. The maximum Gasteiger partial charge on any atom is 0.230 e. The number of rotatable bonds is 5. The smallest absolute Gasteiger partial charge is 0.230 e. The molecule has 5 aromatic rings. The Morgan fingerprint density at radius 2 is 1.69 bits per heavy atom. The van der Waals surface area contributed by atoms with Gasteiger partial charge in [0, 0.05) is 22.1 Å². The van der Waals surface area contributed by atoms with Gasteiger partial charge in [-0.2, -0.15) is 0 Å². The van der Waals surface area contributed by atoms with Gasteiger partial charge in [-0.25, -0.2) is 4.98 Å². The molecular formula is C28H26N4O2S. The van der Waals surface area contributed by atoms with E-state index in [9.17, 15) is 4.79 Å². The lowest BCUT2D eigenvalue weighted by molar-refractivity contribution is -0.115. The Morgan fingerprint density at radius 3 is 2.37 bits per heavy atom. The lowest BCUT2D eigenvalue weighted by atomic mass is 9.93. The number of amides is 1. The van der Waals surface area contributed by atoms with Crippen molar-refractivity contribution in [1.82, 2.24) is 14.7 Å². The Balaban J connectivity index is 1.29. The van der Waals surface area contributed by atoms with E-state index < -0.39 is 0 Å². The normalized spacial score (nSPS) is 11.7. The first-order valence-corrected chi connectivity index (χ1v) is 11.8. The molecule has 0 aliphatic heterocycles. The molecule has 7 heteroatoms. The second-order valence-electron chi connectivity index (χ2n) is 9.58. The zero-order valence-electron chi connectivity index (χ0n) is 19.8. The number of aromatic nitrogens is 3. The lowest BCUT2D eigenvalue weighted by Crippen LogP contribution is -2.14. The molecule has 0 radical (unpaired) electrons. The Kier molecular flexibility index (Phi) is 5.94. The Labute approximate surface area is 209 Å². The Morgan fingerprint density at radius 1 is 0.971 bits per heavy atom. The van der Waals surface area contributed by atoms with Gasteiger partial charge in [0.2, 0.25) is 5.91 Å². The molecule has 0 saturated carbocycles. The van der Waals surface area contributed by atoms with Crippen molar-refractivity contribution in [3.05, 3.63) is 90.4 Å². The van der Waals surface area contributed by atoms with E-state index in [2.05, 4.69) is 58.4 Å². The van der Waals surface area contributed by atoms with Crippen LogP contribution in [0.15, 0.2) is 88.5 Å². The fourth-order valence-electron chi connectivity index (χ4n) is 3.89. The zero-order chi connectivity index (χ0) is 24.6. The largest absolute Gasteiger partial charge is 0.359 e.